The van der Waals surface area contributed by atoms with Gasteiger partial charge in [0.2, 0.25) is 5.91 Å². The Hall–Kier alpha value is -3.97. The van der Waals surface area contributed by atoms with Gasteiger partial charge in [-0.25, -0.2) is 9.18 Å². The van der Waals surface area contributed by atoms with Gasteiger partial charge in [-0.2, -0.15) is 0 Å². The van der Waals surface area contributed by atoms with Crippen LogP contribution in [0.3, 0.4) is 0 Å². The topological polar surface area (TPSA) is 134 Å². The zero-order chi connectivity index (χ0) is 27.7. The second kappa shape index (κ2) is 10.8. The predicted molar refractivity (Wildman–Crippen MR) is 152 cm³/mol. The molecule has 11 heteroatoms. The number of hydrogen-bond acceptors (Lipinski definition) is 7. The molecule has 38 heavy (non-hydrogen) atoms. The summed E-state index contributed by atoms with van der Waals surface area (Å²) in [6, 6.07) is 11.1. The van der Waals surface area contributed by atoms with Crippen molar-refractivity contribution in [2.75, 3.05) is 17.2 Å². The lowest BCUT2D eigenvalue weighted by Crippen LogP contribution is -2.23. The molecule has 4 aromatic rings. The molecule has 2 aromatic carbocycles. The average molecular weight is 631 g/mol. The Bertz CT molecular complexity index is 1740. The number of anilines is 3. The number of amides is 1. The molecule has 4 rings (SSSR count). The average Bonchev–Trinajstić information content (AvgIpc) is 2.85. The minimum atomic E-state index is -0.740. The molecule has 0 radical (unpaired) electrons. The van der Waals surface area contributed by atoms with E-state index >= 15 is 0 Å². The van der Waals surface area contributed by atoms with Gasteiger partial charge in [0.1, 0.15) is 23.6 Å². The van der Waals surface area contributed by atoms with Crippen LogP contribution in [0, 0.1) is 23.2 Å². The number of nitrogens with one attached hydrogen (secondary N) is 2. The molecule has 196 valence electrons. The van der Waals surface area contributed by atoms with Crippen LogP contribution in [0.4, 0.5) is 21.5 Å². The van der Waals surface area contributed by atoms with Gasteiger partial charge in [0.15, 0.2) is 5.58 Å². The first kappa shape index (κ1) is 27.1. The van der Waals surface area contributed by atoms with E-state index in [4.69, 9.17) is 4.42 Å². The van der Waals surface area contributed by atoms with Crippen molar-refractivity contribution in [3.05, 3.63) is 89.6 Å². The summed E-state index contributed by atoms with van der Waals surface area (Å²) in [5, 5.41) is 25.0. The molecule has 0 aliphatic carbocycles. The molecule has 0 atom stereocenters. The van der Waals surface area contributed by atoms with E-state index in [1.807, 2.05) is 22.6 Å². The van der Waals surface area contributed by atoms with Crippen molar-refractivity contribution in [2.24, 2.45) is 0 Å². The number of aromatic nitrogens is 1. The first-order chi connectivity index (χ1) is 18.0. The van der Waals surface area contributed by atoms with Crippen LogP contribution in [-0.2, 0) is 4.79 Å². The predicted octanol–water partition coefficient (Wildman–Crippen LogP) is 5.03. The van der Waals surface area contributed by atoms with E-state index in [0.29, 0.717) is 20.4 Å². The Labute approximate surface area is 229 Å². The van der Waals surface area contributed by atoms with Gasteiger partial charge < -0.3 is 25.3 Å². The van der Waals surface area contributed by atoms with Crippen LogP contribution in [0.1, 0.15) is 18.2 Å². The molecule has 0 bridgehead atoms. The number of aliphatic hydroxyl groups is 2. The van der Waals surface area contributed by atoms with Crippen molar-refractivity contribution < 1.29 is 23.8 Å². The Morgan fingerprint density at radius 1 is 1.18 bits per heavy atom. The quantitative estimate of drug-likeness (QED) is 0.173. The smallest absolute Gasteiger partial charge is 0.341 e. The summed E-state index contributed by atoms with van der Waals surface area (Å²) in [5.74, 6) is -1.37. The fraction of sp³-hybridized carbons (Fsp3) is 0.148. The molecule has 9 nitrogen and oxygen atoms in total. The molecule has 2 heterocycles. The number of rotatable bonds is 6. The number of halogens is 2. The first-order valence-corrected chi connectivity index (χ1v) is 12.4. The molecular formula is C27H23FIN3O6. The number of carbonyl (C=O) groups is 1. The highest BCUT2D eigenvalue weighted by Crippen LogP contribution is 2.36. The molecule has 0 unspecified atom stereocenters. The molecular weight excluding hydrogens is 608 g/mol. The van der Waals surface area contributed by atoms with Gasteiger partial charge in [-0.15, -0.1) is 0 Å². The highest BCUT2D eigenvalue weighted by molar-refractivity contribution is 14.1. The van der Waals surface area contributed by atoms with Crippen molar-refractivity contribution in [3.8, 4) is 11.1 Å². The second-order valence-corrected chi connectivity index (χ2v) is 9.76. The lowest BCUT2D eigenvalue weighted by Gasteiger charge is -2.18. The van der Waals surface area contributed by atoms with Crippen molar-refractivity contribution in [1.29, 1.82) is 0 Å². The van der Waals surface area contributed by atoms with Gasteiger partial charge in [0.05, 0.1) is 23.1 Å². The standard InChI is InChI=1S/C27H23FIN3O6/c1-13-24(31-21-8-7-17(29)10-20(21)28)23-25(38-27(13)37)22(14(2)32(26(23)36)11-19(35)12-33)16-5-4-6-18(9-16)30-15(3)34/h4-11,31,33,35H,12H2,1-3H3,(H,30,34)/b19-11+. The summed E-state index contributed by atoms with van der Waals surface area (Å²) in [5.41, 5.74) is 0.167. The largest absolute Gasteiger partial charge is 0.508 e. The summed E-state index contributed by atoms with van der Waals surface area (Å²) in [6.45, 7) is 3.66. The van der Waals surface area contributed by atoms with Gasteiger partial charge in [-0.3, -0.25) is 14.2 Å². The third kappa shape index (κ3) is 5.20. The van der Waals surface area contributed by atoms with E-state index in [1.54, 1.807) is 37.3 Å². The summed E-state index contributed by atoms with van der Waals surface area (Å²) in [6.07, 6.45) is 1.06. The molecule has 0 aliphatic heterocycles. The summed E-state index contributed by atoms with van der Waals surface area (Å²) in [4.78, 5) is 38.4. The number of nitrogens with zero attached hydrogens (tertiary/aromatic N) is 1. The van der Waals surface area contributed by atoms with E-state index in [0.717, 1.165) is 10.8 Å². The minimum absolute atomic E-state index is 0.0336. The monoisotopic (exact) mass is 631 g/mol. The van der Waals surface area contributed by atoms with Gasteiger partial charge in [-0.1, -0.05) is 12.1 Å². The molecule has 0 spiro atoms. The van der Waals surface area contributed by atoms with Crippen LogP contribution in [0.2, 0.25) is 0 Å². The maximum Gasteiger partial charge on any atom is 0.341 e. The summed E-state index contributed by atoms with van der Waals surface area (Å²) >= 11 is 1.96. The summed E-state index contributed by atoms with van der Waals surface area (Å²) < 4.78 is 22.2. The van der Waals surface area contributed by atoms with Gasteiger partial charge in [0.25, 0.3) is 5.56 Å². The molecule has 2 aromatic heterocycles. The number of hydrogen-bond donors (Lipinski definition) is 4. The van der Waals surface area contributed by atoms with Crippen LogP contribution in [0.25, 0.3) is 28.3 Å². The molecule has 0 fully saturated rings. The number of pyridine rings is 1. The Morgan fingerprint density at radius 3 is 2.58 bits per heavy atom. The molecule has 0 aliphatic rings. The normalized spacial score (nSPS) is 11.6. The lowest BCUT2D eigenvalue weighted by molar-refractivity contribution is -0.114. The maximum atomic E-state index is 14.8. The Balaban J connectivity index is 2.15. The van der Waals surface area contributed by atoms with Crippen molar-refractivity contribution in [1.82, 2.24) is 4.57 Å². The fourth-order valence-corrected chi connectivity index (χ4v) is 4.54. The van der Waals surface area contributed by atoms with Crippen LogP contribution >= 0.6 is 22.6 Å². The molecule has 0 saturated heterocycles. The first-order valence-electron chi connectivity index (χ1n) is 11.3. The fourth-order valence-electron chi connectivity index (χ4n) is 4.08. The van der Waals surface area contributed by atoms with Crippen molar-refractivity contribution in [3.63, 3.8) is 0 Å². The van der Waals surface area contributed by atoms with Gasteiger partial charge in [0, 0.05) is 27.4 Å². The number of carbonyl (C=O) groups excluding carboxylic acids is 1. The van der Waals surface area contributed by atoms with Gasteiger partial charge in [-0.05, 0) is 72.3 Å². The van der Waals surface area contributed by atoms with Crippen LogP contribution < -0.4 is 21.8 Å². The zero-order valence-corrected chi connectivity index (χ0v) is 22.7. The lowest BCUT2D eigenvalue weighted by atomic mass is 9.99. The Kier molecular flexibility index (Phi) is 7.69. The number of aliphatic hydroxyl groups excluding tert-OH is 2. The zero-order valence-electron chi connectivity index (χ0n) is 20.6. The van der Waals surface area contributed by atoms with Crippen LogP contribution in [0.5, 0.6) is 0 Å². The second-order valence-electron chi connectivity index (χ2n) is 8.52. The highest BCUT2D eigenvalue weighted by Gasteiger charge is 2.24. The third-order valence-corrected chi connectivity index (χ3v) is 6.51. The van der Waals surface area contributed by atoms with E-state index in [1.165, 1.54) is 26.0 Å². The third-order valence-electron chi connectivity index (χ3n) is 5.84. The van der Waals surface area contributed by atoms with Crippen molar-refractivity contribution in [2.45, 2.75) is 20.8 Å². The highest BCUT2D eigenvalue weighted by atomic mass is 127. The van der Waals surface area contributed by atoms with E-state index in [9.17, 15) is 29.0 Å². The van der Waals surface area contributed by atoms with Crippen molar-refractivity contribution >= 4 is 62.7 Å². The Morgan fingerprint density at radius 2 is 1.92 bits per heavy atom. The summed E-state index contributed by atoms with van der Waals surface area (Å²) in [7, 11) is 0. The maximum absolute atomic E-state index is 14.8. The molecule has 1 amide bonds. The SMILES string of the molecule is CC(=O)Nc1cccc(-c2c(C)n(/C=C(/O)CO)c(=O)c3c(Nc4ccc(I)cc4F)c(C)c(=O)oc23)c1. The number of benzene rings is 2. The number of fused-ring (bicyclic) bond motifs is 1. The van der Waals surface area contributed by atoms with E-state index in [2.05, 4.69) is 10.6 Å². The van der Waals surface area contributed by atoms with E-state index < -0.39 is 29.4 Å². The van der Waals surface area contributed by atoms with Gasteiger partial charge >= 0.3 is 5.63 Å². The van der Waals surface area contributed by atoms with Crippen LogP contribution in [0.15, 0.2) is 62.2 Å². The van der Waals surface area contributed by atoms with E-state index in [-0.39, 0.29) is 39.5 Å². The molecule has 4 N–H and O–H groups in total. The minimum Gasteiger partial charge on any atom is -0.508 e. The molecule has 0 saturated carbocycles. The van der Waals surface area contributed by atoms with Crippen LogP contribution in [-0.4, -0.2) is 27.3 Å².